The second-order valence-corrected chi connectivity index (χ2v) is 8.12. The number of halogens is 2. The maximum atomic E-state index is 13.3. The molecule has 1 N–H and O–H groups in total. The van der Waals surface area contributed by atoms with Crippen molar-refractivity contribution in [2.75, 3.05) is 5.32 Å². The summed E-state index contributed by atoms with van der Waals surface area (Å²) < 4.78 is 26.4. The van der Waals surface area contributed by atoms with E-state index in [-0.39, 0.29) is 24.0 Å². The highest BCUT2D eigenvalue weighted by Gasteiger charge is 2.19. The summed E-state index contributed by atoms with van der Waals surface area (Å²) in [6.45, 7) is 0. The summed E-state index contributed by atoms with van der Waals surface area (Å²) in [5.74, 6) is 0.119. The molecule has 0 atom stereocenters. The number of carbonyl (C=O) groups is 1. The summed E-state index contributed by atoms with van der Waals surface area (Å²) in [7, 11) is 0. The van der Waals surface area contributed by atoms with Crippen LogP contribution < -0.4 is 5.32 Å². The summed E-state index contributed by atoms with van der Waals surface area (Å²) >= 11 is 0. The summed E-state index contributed by atoms with van der Waals surface area (Å²) in [6.07, 6.45) is 8.45. The number of anilines is 1. The zero-order chi connectivity index (χ0) is 21.6. The van der Waals surface area contributed by atoms with Crippen molar-refractivity contribution in [2.24, 2.45) is 5.92 Å². The largest absolute Gasteiger partial charge is 0.309 e. The molecule has 4 rings (SSSR count). The maximum absolute atomic E-state index is 13.3. The third-order valence-corrected chi connectivity index (χ3v) is 5.73. The molecule has 1 aliphatic carbocycles. The van der Waals surface area contributed by atoms with E-state index in [4.69, 9.17) is 4.98 Å². The molecular weight excluding hydrogens is 396 g/mol. The number of benzene rings is 2. The van der Waals surface area contributed by atoms with Crippen molar-refractivity contribution in [3.63, 3.8) is 0 Å². The summed E-state index contributed by atoms with van der Waals surface area (Å²) in [6, 6.07) is 12.0. The lowest BCUT2D eigenvalue weighted by molar-refractivity contribution is -0.115. The predicted octanol–water partition coefficient (Wildman–Crippen LogP) is 5.73. The molecule has 0 spiro atoms. The Balaban J connectivity index is 1.56. The first kappa shape index (κ1) is 21.1. The van der Waals surface area contributed by atoms with Crippen LogP contribution in [0.4, 0.5) is 14.6 Å². The van der Waals surface area contributed by atoms with E-state index in [0.717, 1.165) is 36.1 Å². The van der Waals surface area contributed by atoms with Crippen LogP contribution in [0.25, 0.3) is 11.3 Å². The van der Waals surface area contributed by atoms with Crippen molar-refractivity contribution in [1.29, 1.82) is 0 Å². The normalized spacial score (nSPS) is 14.4. The topological polar surface area (TPSA) is 54.9 Å². The quantitative estimate of drug-likeness (QED) is 0.553. The Morgan fingerprint density at radius 3 is 2.26 bits per heavy atom. The fourth-order valence-corrected chi connectivity index (χ4v) is 4.06. The molecule has 1 heterocycles. The molecule has 1 amide bonds. The fourth-order valence-electron chi connectivity index (χ4n) is 4.06. The van der Waals surface area contributed by atoms with E-state index in [1.165, 1.54) is 43.5 Å². The molecule has 6 heteroatoms. The summed E-state index contributed by atoms with van der Waals surface area (Å²) in [5.41, 5.74) is 2.91. The number of carbonyl (C=O) groups excluding carboxylic acids is 1. The molecule has 31 heavy (non-hydrogen) atoms. The molecule has 1 aliphatic rings. The molecule has 0 aliphatic heterocycles. The molecule has 0 radical (unpaired) electrons. The number of hydrogen-bond acceptors (Lipinski definition) is 3. The maximum Gasteiger partial charge on any atom is 0.229 e. The van der Waals surface area contributed by atoms with Gasteiger partial charge in [-0.15, -0.1) is 0 Å². The van der Waals surface area contributed by atoms with Gasteiger partial charge in [0, 0.05) is 5.56 Å². The van der Waals surface area contributed by atoms with Gasteiger partial charge in [-0.05, 0) is 54.3 Å². The van der Waals surface area contributed by atoms with E-state index in [2.05, 4.69) is 10.3 Å². The minimum absolute atomic E-state index is 0.130. The van der Waals surface area contributed by atoms with Gasteiger partial charge in [0.25, 0.3) is 0 Å². The van der Waals surface area contributed by atoms with Crippen molar-refractivity contribution < 1.29 is 13.6 Å². The van der Waals surface area contributed by atoms with Crippen molar-refractivity contribution in [3.8, 4) is 11.3 Å². The third kappa shape index (κ3) is 5.72. The van der Waals surface area contributed by atoms with E-state index in [1.54, 1.807) is 30.5 Å². The number of aromatic nitrogens is 2. The van der Waals surface area contributed by atoms with Gasteiger partial charge in [0.1, 0.15) is 11.6 Å². The van der Waals surface area contributed by atoms with Gasteiger partial charge in [0.2, 0.25) is 5.91 Å². The first-order valence-corrected chi connectivity index (χ1v) is 10.7. The van der Waals surface area contributed by atoms with Crippen LogP contribution in [0.1, 0.15) is 43.4 Å². The van der Waals surface area contributed by atoms with Crippen LogP contribution in [0.2, 0.25) is 0 Å². The lowest BCUT2D eigenvalue weighted by Gasteiger charge is -2.22. The zero-order valence-electron chi connectivity index (χ0n) is 17.3. The van der Waals surface area contributed by atoms with Gasteiger partial charge < -0.3 is 5.32 Å². The first-order chi connectivity index (χ1) is 15.1. The number of nitrogens with one attached hydrogen (secondary N) is 1. The van der Waals surface area contributed by atoms with Crippen molar-refractivity contribution in [3.05, 3.63) is 77.6 Å². The van der Waals surface area contributed by atoms with Crippen molar-refractivity contribution >= 4 is 11.7 Å². The van der Waals surface area contributed by atoms with Gasteiger partial charge in [-0.25, -0.2) is 18.7 Å². The van der Waals surface area contributed by atoms with Gasteiger partial charge in [-0.3, -0.25) is 4.79 Å². The minimum Gasteiger partial charge on any atom is -0.309 e. The Kier molecular flexibility index (Phi) is 6.65. The van der Waals surface area contributed by atoms with Crippen LogP contribution in [0.3, 0.4) is 0 Å². The highest BCUT2D eigenvalue weighted by molar-refractivity contribution is 5.92. The molecule has 1 fully saturated rings. The predicted molar refractivity (Wildman–Crippen MR) is 116 cm³/mol. The van der Waals surface area contributed by atoms with Crippen LogP contribution in [-0.4, -0.2) is 15.9 Å². The Hall–Kier alpha value is -3.15. The van der Waals surface area contributed by atoms with E-state index in [9.17, 15) is 13.6 Å². The van der Waals surface area contributed by atoms with Crippen LogP contribution in [0, 0.1) is 17.6 Å². The van der Waals surface area contributed by atoms with Gasteiger partial charge in [0.15, 0.2) is 5.82 Å². The Morgan fingerprint density at radius 2 is 1.58 bits per heavy atom. The average Bonchev–Trinajstić information content (AvgIpc) is 2.78. The van der Waals surface area contributed by atoms with E-state index in [0.29, 0.717) is 17.4 Å². The molecule has 4 nitrogen and oxygen atoms in total. The zero-order valence-corrected chi connectivity index (χ0v) is 17.3. The van der Waals surface area contributed by atoms with Gasteiger partial charge in [0.05, 0.1) is 24.0 Å². The Morgan fingerprint density at radius 1 is 0.935 bits per heavy atom. The van der Waals surface area contributed by atoms with E-state index >= 15 is 0 Å². The first-order valence-electron chi connectivity index (χ1n) is 10.7. The average molecular weight is 421 g/mol. The van der Waals surface area contributed by atoms with E-state index in [1.807, 2.05) is 0 Å². The van der Waals surface area contributed by atoms with Crippen LogP contribution >= 0.6 is 0 Å². The van der Waals surface area contributed by atoms with Gasteiger partial charge in [-0.2, -0.15) is 0 Å². The van der Waals surface area contributed by atoms with Crippen molar-refractivity contribution in [1.82, 2.24) is 9.97 Å². The Bertz CT molecular complexity index is 1030. The lowest BCUT2D eigenvalue weighted by Crippen LogP contribution is -2.19. The lowest BCUT2D eigenvalue weighted by atomic mass is 9.86. The second-order valence-electron chi connectivity index (χ2n) is 8.12. The molecule has 0 saturated heterocycles. The van der Waals surface area contributed by atoms with Crippen LogP contribution in [-0.2, 0) is 17.6 Å². The summed E-state index contributed by atoms with van der Waals surface area (Å²) in [4.78, 5) is 21.9. The molecule has 160 valence electrons. The number of amides is 1. The van der Waals surface area contributed by atoms with Gasteiger partial charge in [-0.1, -0.05) is 44.2 Å². The number of rotatable bonds is 6. The monoisotopic (exact) mass is 421 g/mol. The molecule has 0 bridgehead atoms. The molecular formula is C25H25F2N3O. The van der Waals surface area contributed by atoms with E-state index < -0.39 is 0 Å². The minimum atomic E-state index is -0.332. The Labute approximate surface area is 180 Å². The molecule has 1 aromatic heterocycles. The van der Waals surface area contributed by atoms with Crippen LogP contribution in [0.5, 0.6) is 0 Å². The highest BCUT2D eigenvalue weighted by Crippen LogP contribution is 2.29. The SMILES string of the molecule is O=C(Cc1ccc(F)cc1)Nc1ncc(-c2ccc(F)cc2)nc1CC1CCCCC1. The number of hydrogen-bond donors (Lipinski definition) is 1. The fraction of sp³-hybridized carbons (Fsp3) is 0.320. The highest BCUT2D eigenvalue weighted by atomic mass is 19.1. The molecule has 2 aromatic carbocycles. The smallest absolute Gasteiger partial charge is 0.229 e. The third-order valence-electron chi connectivity index (χ3n) is 5.73. The number of nitrogens with zero attached hydrogens (tertiary/aromatic N) is 2. The molecule has 1 saturated carbocycles. The van der Waals surface area contributed by atoms with Crippen molar-refractivity contribution in [2.45, 2.75) is 44.9 Å². The molecule has 0 unspecified atom stereocenters. The summed E-state index contributed by atoms with van der Waals surface area (Å²) in [5, 5.41) is 2.88. The van der Waals surface area contributed by atoms with Crippen LogP contribution in [0.15, 0.2) is 54.7 Å². The van der Waals surface area contributed by atoms with Gasteiger partial charge >= 0.3 is 0 Å². The second kappa shape index (κ2) is 9.77. The standard InChI is InChI=1S/C25H25F2N3O/c26-20-10-6-18(7-11-20)15-24(31)30-25-22(14-17-4-2-1-3-5-17)29-23(16-28-25)19-8-12-21(27)13-9-19/h6-13,16-17H,1-5,14-15H2,(H,28,30,31). The molecule has 3 aromatic rings.